The first-order chi connectivity index (χ1) is 35.3. The maximum atomic E-state index is 13.3. The second-order valence-electron chi connectivity index (χ2n) is 16.3. The maximum Gasteiger partial charge on any atom is 0.338 e. The molecule has 0 heterocycles. The van der Waals surface area contributed by atoms with Gasteiger partial charge in [-0.1, -0.05) is 56.3 Å². The van der Waals surface area contributed by atoms with Crippen molar-refractivity contribution in [3.05, 3.63) is 83.9 Å². The van der Waals surface area contributed by atoms with Gasteiger partial charge in [-0.15, -0.1) is 0 Å². The number of esters is 1. The second kappa shape index (κ2) is 41.2. The van der Waals surface area contributed by atoms with E-state index >= 15 is 0 Å². The Hall–Kier alpha value is -5.31. The average molecular weight is 1010 g/mol. The standard InChI is InChI=1S/C54H78N2O16/c1-3-20-55-52(59)18-24-64-28-32-68-36-34-66-30-26-62-22-8-12-48(57)42-70-50-16-14-45(15-17-50)46-38-47(54(61)72-41-44-10-6-5-7-11-44)40-51(39-46)71-43-49(58)13-9-23-63-27-31-67-35-37-69-33-29-65-25-19-53(60)56-21-4-2/h5-7,10-11,14-17,38-40H,3-4,8-9,12-13,18-37,41-43H2,1-2H3,(H,55,59)(H,56,60). The fourth-order valence-electron chi connectivity index (χ4n) is 6.29. The van der Waals surface area contributed by atoms with E-state index in [0.29, 0.717) is 168 Å². The molecule has 0 saturated heterocycles. The summed E-state index contributed by atoms with van der Waals surface area (Å²) in [5.41, 5.74) is 2.51. The molecule has 0 atom stereocenters. The van der Waals surface area contributed by atoms with E-state index in [1.54, 1.807) is 30.3 Å². The third kappa shape index (κ3) is 31.2. The van der Waals surface area contributed by atoms with Gasteiger partial charge >= 0.3 is 5.97 Å². The lowest BCUT2D eigenvalue weighted by Crippen LogP contribution is -2.25. The molecule has 72 heavy (non-hydrogen) atoms. The van der Waals surface area contributed by atoms with Crippen LogP contribution in [0, 0.1) is 0 Å². The fraction of sp³-hybridized carbons (Fsp3) is 0.574. The van der Waals surface area contributed by atoms with Crippen LogP contribution in [0.25, 0.3) is 11.1 Å². The highest BCUT2D eigenvalue weighted by Gasteiger charge is 2.15. The lowest BCUT2D eigenvalue weighted by molar-refractivity contribution is -0.123. The first-order valence-electron chi connectivity index (χ1n) is 25.2. The van der Waals surface area contributed by atoms with Gasteiger partial charge in [0.15, 0.2) is 11.6 Å². The topological polar surface area (TPSA) is 211 Å². The minimum Gasteiger partial charge on any atom is -0.486 e. The van der Waals surface area contributed by atoms with E-state index in [9.17, 15) is 24.0 Å². The third-order valence-electron chi connectivity index (χ3n) is 10.2. The zero-order valence-electron chi connectivity index (χ0n) is 42.5. The van der Waals surface area contributed by atoms with Gasteiger partial charge < -0.3 is 62.7 Å². The number of ether oxygens (including phenoxy) is 11. The average Bonchev–Trinajstić information content (AvgIpc) is 3.40. The summed E-state index contributed by atoms with van der Waals surface area (Å²) in [7, 11) is 0. The van der Waals surface area contributed by atoms with Crippen molar-refractivity contribution in [2.45, 2.75) is 71.8 Å². The van der Waals surface area contributed by atoms with Gasteiger partial charge in [0.1, 0.15) is 31.3 Å². The summed E-state index contributed by atoms with van der Waals surface area (Å²) in [6, 6.07) is 21.5. The van der Waals surface area contributed by atoms with Crippen LogP contribution in [0.3, 0.4) is 0 Å². The Morgan fingerprint density at radius 3 is 1.32 bits per heavy atom. The summed E-state index contributed by atoms with van der Waals surface area (Å²) in [5, 5.41) is 5.61. The van der Waals surface area contributed by atoms with Crippen molar-refractivity contribution in [3.63, 3.8) is 0 Å². The van der Waals surface area contributed by atoms with Crippen LogP contribution in [0.15, 0.2) is 72.8 Å². The van der Waals surface area contributed by atoms with Crippen LogP contribution in [-0.2, 0) is 68.4 Å². The SMILES string of the molecule is CCCNC(=O)CCOCCOCCOCCOCCCC(=O)COc1ccc(-c2cc(OCC(=O)CCCOCCOCCOCCOCCC(=O)NCCC)cc(C(=O)OCc3ccccc3)c2)cc1. The highest BCUT2D eigenvalue weighted by molar-refractivity contribution is 5.92. The van der Waals surface area contributed by atoms with Crippen molar-refractivity contribution in [1.82, 2.24) is 10.6 Å². The van der Waals surface area contributed by atoms with E-state index < -0.39 is 5.97 Å². The molecule has 0 unspecified atom stereocenters. The Kier molecular flexibility index (Phi) is 34.9. The van der Waals surface area contributed by atoms with Gasteiger partial charge in [0.2, 0.25) is 11.8 Å². The van der Waals surface area contributed by atoms with Crippen molar-refractivity contribution in [1.29, 1.82) is 0 Å². The van der Waals surface area contributed by atoms with Gasteiger partial charge in [-0.25, -0.2) is 4.79 Å². The number of ketones is 2. The van der Waals surface area contributed by atoms with Crippen LogP contribution < -0.4 is 20.1 Å². The first kappa shape index (κ1) is 61.0. The van der Waals surface area contributed by atoms with E-state index in [1.165, 1.54) is 0 Å². The Morgan fingerprint density at radius 2 is 0.861 bits per heavy atom. The fourth-order valence-corrected chi connectivity index (χ4v) is 6.29. The molecule has 0 aliphatic carbocycles. The number of Topliss-reactive ketones (excluding diaryl/α,β-unsaturated/α-hetero) is 2. The molecule has 0 radical (unpaired) electrons. The molecule has 0 aromatic heterocycles. The summed E-state index contributed by atoms with van der Waals surface area (Å²) in [4.78, 5) is 61.7. The quantitative estimate of drug-likeness (QED) is 0.0481. The number of benzene rings is 3. The number of hydrogen-bond acceptors (Lipinski definition) is 16. The Balaban J connectivity index is 1.30. The van der Waals surface area contributed by atoms with Crippen molar-refractivity contribution in [2.24, 2.45) is 0 Å². The highest BCUT2D eigenvalue weighted by Crippen LogP contribution is 2.29. The van der Waals surface area contributed by atoms with Gasteiger partial charge in [-0.05, 0) is 72.7 Å². The Bertz CT molecular complexity index is 1920. The smallest absolute Gasteiger partial charge is 0.338 e. The lowest BCUT2D eigenvalue weighted by atomic mass is 10.0. The molecule has 0 spiro atoms. The molecule has 0 aliphatic heterocycles. The Morgan fingerprint density at radius 1 is 0.431 bits per heavy atom. The Labute approximate surface area is 425 Å². The van der Waals surface area contributed by atoms with Crippen LogP contribution in [0.2, 0.25) is 0 Å². The summed E-state index contributed by atoms with van der Waals surface area (Å²) in [6.45, 7) is 11.6. The van der Waals surface area contributed by atoms with Crippen molar-refractivity contribution >= 4 is 29.4 Å². The van der Waals surface area contributed by atoms with Crippen LogP contribution in [0.4, 0.5) is 0 Å². The second-order valence-corrected chi connectivity index (χ2v) is 16.3. The molecule has 2 N–H and O–H groups in total. The van der Waals surface area contributed by atoms with Gasteiger partial charge in [-0.2, -0.15) is 0 Å². The molecule has 0 bridgehead atoms. The molecule has 18 heteroatoms. The predicted octanol–water partition coefficient (Wildman–Crippen LogP) is 6.13. The van der Waals surface area contributed by atoms with E-state index in [1.807, 2.05) is 56.3 Å². The minimum absolute atomic E-state index is 0.0107. The normalized spacial score (nSPS) is 11.0. The number of hydrogen-bond donors (Lipinski definition) is 2. The van der Waals surface area contributed by atoms with E-state index in [2.05, 4.69) is 10.6 Å². The lowest BCUT2D eigenvalue weighted by Gasteiger charge is -2.12. The first-order valence-corrected chi connectivity index (χ1v) is 25.2. The number of nitrogens with one attached hydrogen (secondary N) is 2. The monoisotopic (exact) mass is 1010 g/mol. The molecule has 3 aromatic carbocycles. The summed E-state index contributed by atoms with van der Waals surface area (Å²) >= 11 is 0. The predicted molar refractivity (Wildman–Crippen MR) is 269 cm³/mol. The molecular formula is C54H78N2O16. The maximum absolute atomic E-state index is 13.3. The van der Waals surface area contributed by atoms with Gasteiger partial charge in [-0.3, -0.25) is 19.2 Å². The minimum atomic E-state index is -0.545. The zero-order chi connectivity index (χ0) is 51.5. The summed E-state index contributed by atoms with van der Waals surface area (Å²) in [6.07, 6.45) is 4.09. The van der Waals surface area contributed by atoms with Gasteiger partial charge in [0, 0.05) is 52.0 Å². The molecule has 0 fully saturated rings. The third-order valence-corrected chi connectivity index (χ3v) is 10.2. The van der Waals surface area contributed by atoms with Crippen molar-refractivity contribution < 1.29 is 76.1 Å². The van der Waals surface area contributed by atoms with Gasteiger partial charge in [0.05, 0.1) is 98.1 Å². The van der Waals surface area contributed by atoms with E-state index in [0.717, 1.165) is 24.0 Å². The molecular weight excluding hydrogens is 933 g/mol. The number of carbonyl (C=O) groups is 5. The summed E-state index contributed by atoms with van der Waals surface area (Å²) in [5.74, 6) is 0.0834. The highest BCUT2D eigenvalue weighted by atomic mass is 16.6. The van der Waals surface area contributed by atoms with Crippen LogP contribution in [0.5, 0.6) is 11.5 Å². The van der Waals surface area contributed by atoms with Crippen LogP contribution in [0.1, 0.15) is 81.1 Å². The van der Waals surface area contributed by atoms with Crippen molar-refractivity contribution in [3.8, 4) is 22.6 Å². The number of rotatable bonds is 46. The van der Waals surface area contributed by atoms with Crippen LogP contribution >= 0.6 is 0 Å². The molecule has 3 aromatic rings. The zero-order valence-corrected chi connectivity index (χ0v) is 42.5. The molecule has 2 amide bonds. The molecule has 400 valence electrons. The molecule has 18 nitrogen and oxygen atoms in total. The van der Waals surface area contributed by atoms with Crippen molar-refractivity contribution in [2.75, 3.05) is 132 Å². The van der Waals surface area contributed by atoms with E-state index in [-0.39, 0.29) is 55.2 Å². The van der Waals surface area contributed by atoms with Gasteiger partial charge in [0.25, 0.3) is 0 Å². The molecule has 3 rings (SSSR count). The number of carbonyl (C=O) groups excluding carboxylic acids is 5. The van der Waals surface area contributed by atoms with Crippen LogP contribution in [-0.4, -0.2) is 161 Å². The van der Waals surface area contributed by atoms with E-state index in [4.69, 9.17) is 52.1 Å². The largest absolute Gasteiger partial charge is 0.486 e. The molecule has 0 saturated carbocycles. The summed E-state index contributed by atoms with van der Waals surface area (Å²) < 4.78 is 61.3. The molecule has 0 aliphatic rings. The number of amides is 2.